The maximum atomic E-state index is 13.9. The Hall–Kier alpha value is -4.43. The summed E-state index contributed by atoms with van der Waals surface area (Å²) in [6, 6.07) is 26.9. The van der Waals surface area contributed by atoms with Gasteiger partial charge in [-0.25, -0.2) is 0 Å². The molecule has 2 heterocycles. The van der Waals surface area contributed by atoms with Crippen molar-refractivity contribution in [2.45, 2.75) is 76.5 Å². The molecule has 3 aromatic rings. The normalized spacial score (nSPS) is 21.1. The summed E-state index contributed by atoms with van der Waals surface area (Å²) in [5.74, 6) is -0.578. The highest BCUT2D eigenvalue weighted by molar-refractivity contribution is 5.86. The summed E-state index contributed by atoms with van der Waals surface area (Å²) >= 11 is 0. The smallest absolute Gasteiger partial charge is 0.309 e. The minimum Gasteiger partial charge on any atom is -0.489 e. The van der Waals surface area contributed by atoms with Gasteiger partial charge in [0.25, 0.3) is 0 Å². The van der Waals surface area contributed by atoms with Crippen LogP contribution < -0.4 is 10.1 Å². The molecule has 2 aliphatic rings. The van der Waals surface area contributed by atoms with E-state index < -0.39 is 12.0 Å². The number of carbonyl (C=O) groups excluding carboxylic acids is 3. The van der Waals surface area contributed by atoms with Crippen molar-refractivity contribution in [1.82, 2.24) is 10.2 Å². The average molecular weight is 653 g/mol. The summed E-state index contributed by atoms with van der Waals surface area (Å²) in [4.78, 5) is 42.1. The summed E-state index contributed by atoms with van der Waals surface area (Å²) in [6.45, 7) is 1.01. The largest absolute Gasteiger partial charge is 0.489 e. The number of aliphatic hydroxyl groups is 1. The SMILES string of the molecule is O=C(CC1CC=CCCCC(Cc2ccccc2)C(=O)OCC2CCCN2C1=O)NC(CO)Cc1ccc(OCc2ccccc2)cc1. The van der Waals surface area contributed by atoms with Gasteiger partial charge >= 0.3 is 5.97 Å². The van der Waals surface area contributed by atoms with Crippen molar-refractivity contribution in [3.63, 3.8) is 0 Å². The molecule has 2 N–H and O–H groups in total. The number of amides is 2. The van der Waals surface area contributed by atoms with Gasteiger partial charge in [0.2, 0.25) is 11.8 Å². The molecular formula is C40H48N2O6. The Labute approximate surface area is 284 Å². The number of aliphatic hydroxyl groups excluding tert-OH is 1. The van der Waals surface area contributed by atoms with E-state index in [0.29, 0.717) is 32.4 Å². The Morgan fingerprint density at radius 2 is 1.60 bits per heavy atom. The molecule has 8 nitrogen and oxygen atoms in total. The van der Waals surface area contributed by atoms with Gasteiger partial charge in [0.05, 0.1) is 30.5 Å². The standard InChI is InChI=1S/C40H48N2O6/c43-27-35(25-31-19-21-37(22-20-31)47-28-32-14-7-4-8-15-32)41-38(44)26-33-16-9-1-2-10-17-34(24-30-12-5-3-6-13-30)40(46)48-29-36-18-11-23-42(36)39(33)45/h1,3-9,12-15,19-22,33-36,43H,2,10-11,16-18,23-29H2,(H,41,44). The van der Waals surface area contributed by atoms with E-state index in [0.717, 1.165) is 54.5 Å². The molecule has 0 spiro atoms. The molecule has 1 fully saturated rings. The Bertz CT molecular complexity index is 1480. The number of nitrogens with zero attached hydrogens (tertiary/aromatic N) is 1. The molecule has 0 radical (unpaired) electrons. The first-order valence-corrected chi connectivity index (χ1v) is 17.3. The van der Waals surface area contributed by atoms with Crippen molar-refractivity contribution >= 4 is 17.8 Å². The lowest BCUT2D eigenvalue weighted by Crippen LogP contribution is -2.45. The minimum absolute atomic E-state index is 0.0219. The molecule has 3 aromatic carbocycles. The second kappa shape index (κ2) is 18.2. The molecule has 48 heavy (non-hydrogen) atoms. The van der Waals surface area contributed by atoms with E-state index >= 15 is 0 Å². The number of fused-ring (bicyclic) bond motifs is 1. The van der Waals surface area contributed by atoms with Crippen LogP contribution in [0.15, 0.2) is 97.1 Å². The van der Waals surface area contributed by atoms with Crippen molar-refractivity contribution in [2.75, 3.05) is 19.8 Å². The Balaban J connectivity index is 1.17. The lowest BCUT2D eigenvalue weighted by atomic mass is 9.93. The van der Waals surface area contributed by atoms with Crippen molar-refractivity contribution < 1.29 is 29.0 Å². The van der Waals surface area contributed by atoms with Gasteiger partial charge in [0, 0.05) is 13.0 Å². The number of rotatable bonds is 11. The van der Waals surface area contributed by atoms with Crippen molar-refractivity contribution in [3.05, 3.63) is 114 Å². The molecule has 4 unspecified atom stereocenters. The second-order valence-corrected chi connectivity index (χ2v) is 13.0. The fraction of sp³-hybridized carbons (Fsp3) is 0.425. The summed E-state index contributed by atoms with van der Waals surface area (Å²) in [6.07, 6.45) is 9.55. The first-order valence-electron chi connectivity index (χ1n) is 17.3. The lowest BCUT2D eigenvalue weighted by Gasteiger charge is -2.29. The number of cyclic esters (lactones) is 1. The number of benzene rings is 3. The molecule has 2 amide bonds. The van der Waals surface area contributed by atoms with Gasteiger partial charge in [-0.1, -0.05) is 84.9 Å². The highest BCUT2D eigenvalue weighted by Gasteiger charge is 2.35. The number of carbonyl (C=O) groups is 3. The van der Waals surface area contributed by atoms with E-state index in [4.69, 9.17) is 9.47 Å². The molecule has 254 valence electrons. The summed E-state index contributed by atoms with van der Waals surface area (Å²) < 4.78 is 11.7. The predicted molar refractivity (Wildman–Crippen MR) is 185 cm³/mol. The van der Waals surface area contributed by atoms with Gasteiger partial charge in [-0.05, 0) is 80.2 Å². The highest BCUT2D eigenvalue weighted by atomic mass is 16.5. The van der Waals surface area contributed by atoms with Crippen LogP contribution in [0, 0.1) is 11.8 Å². The third-order valence-electron chi connectivity index (χ3n) is 9.27. The molecule has 0 bridgehead atoms. The Morgan fingerprint density at radius 3 is 2.33 bits per heavy atom. The minimum atomic E-state index is -0.535. The van der Waals surface area contributed by atoms with Crippen molar-refractivity contribution in [2.24, 2.45) is 11.8 Å². The molecule has 5 rings (SSSR count). The fourth-order valence-corrected chi connectivity index (χ4v) is 6.58. The van der Waals surface area contributed by atoms with Gasteiger partial charge in [-0.2, -0.15) is 0 Å². The average Bonchev–Trinajstić information content (AvgIpc) is 3.59. The molecule has 0 aromatic heterocycles. The number of esters is 1. The van der Waals surface area contributed by atoms with Gasteiger partial charge in [0.15, 0.2) is 0 Å². The van der Waals surface area contributed by atoms with Crippen LogP contribution >= 0.6 is 0 Å². The van der Waals surface area contributed by atoms with Gasteiger partial charge < -0.3 is 24.8 Å². The van der Waals surface area contributed by atoms with Crippen LogP contribution in [0.2, 0.25) is 0 Å². The second-order valence-electron chi connectivity index (χ2n) is 13.0. The van der Waals surface area contributed by atoms with Crippen LogP contribution in [0.25, 0.3) is 0 Å². The molecule has 4 atom stereocenters. The summed E-state index contributed by atoms with van der Waals surface area (Å²) in [7, 11) is 0. The predicted octanol–water partition coefficient (Wildman–Crippen LogP) is 5.81. The fourth-order valence-electron chi connectivity index (χ4n) is 6.58. The van der Waals surface area contributed by atoms with Crippen molar-refractivity contribution in [3.8, 4) is 5.75 Å². The maximum Gasteiger partial charge on any atom is 0.309 e. The zero-order valence-electron chi connectivity index (χ0n) is 27.7. The van der Waals surface area contributed by atoms with Crippen LogP contribution in [0.3, 0.4) is 0 Å². The Kier molecular flexibility index (Phi) is 13.2. The Morgan fingerprint density at radius 1 is 0.875 bits per heavy atom. The number of hydrogen-bond acceptors (Lipinski definition) is 6. The third kappa shape index (κ3) is 10.5. The molecular weight excluding hydrogens is 604 g/mol. The number of allylic oxidation sites excluding steroid dienone is 2. The van der Waals surface area contributed by atoms with Crippen LogP contribution in [-0.2, 0) is 38.6 Å². The van der Waals surface area contributed by atoms with Crippen molar-refractivity contribution in [1.29, 1.82) is 0 Å². The van der Waals surface area contributed by atoms with E-state index in [1.165, 1.54) is 0 Å². The number of ether oxygens (including phenoxy) is 2. The first-order chi connectivity index (χ1) is 23.5. The van der Waals surface area contributed by atoms with Gasteiger partial charge in [-0.15, -0.1) is 0 Å². The highest BCUT2D eigenvalue weighted by Crippen LogP contribution is 2.26. The first kappa shape index (κ1) is 34.9. The van der Waals surface area contributed by atoms with E-state index in [1.807, 2.05) is 95.9 Å². The van der Waals surface area contributed by atoms with E-state index in [-0.39, 0.29) is 49.4 Å². The van der Waals surface area contributed by atoms with Crippen LogP contribution in [0.5, 0.6) is 5.75 Å². The maximum absolute atomic E-state index is 13.9. The van der Waals surface area contributed by atoms with Gasteiger partial charge in [0.1, 0.15) is 19.0 Å². The molecule has 1 saturated heterocycles. The zero-order chi connectivity index (χ0) is 33.6. The van der Waals surface area contributed by atoms with E-state index in [9.17, 15) is 19.5 Å². The molecule has 2 aliphatic heterocycles. The molecule has 0 saturated carbocycles. The zero-order valence-corrected chi connectivity index (χ0v) is 27.7. The lowest BCUT2D eigenvalue weighted by molar-refractivity contribution is -0.152. The van der Waals surface area contributed by atoms with Crippen LogP contribution in [0.4, 0.5) is 0 Å². The van der Waals surface area contributed by atoms with Crippen LogP contribution in [0.1, 0.15) is 61.6 Å². The van der Waals surface area contributed by atoms with Crippen LogP contribution in [-0.4, -0.2) is 59.6 Å². The number of nitrogens with one attached hydrogen (secondary N) is 1. The molecule has 0 aliphatic carbocycles. The quantitative estimate of drug-likeness (QED) is 0.200. The topological polar surface area (TPSA) is 105 Å². The number of hydrogen-bond donors (Lipinski definition) is 2. The van der Waals surface area contributed by atoms with E-state index in [1.54, 1.807) is 0 Å². The van der Waals surface area contributed by atoms with Gasteiger partial charge in [-0.3, -0.25) is 14.4 Å². The monoisotopic (exact) mass is 652 g/mol. The molecule has 8 heteroatoms. The summed E-state index contributed by atoms with van der Waals surface area (Å²) in [5, 5.41) is 13.1. The van der Waals surface area contributed by atoms with E-state index in [2.05, 4.69) is 11.4 Å². The summed E-state index contributed by atoms with van der Waals surface area (Å²) in [5.41, 5.74) is 3.15. The third-order valence-corrected chi connectivity index (χ3v) is 9.27.